The number of methoxy groups -OCH3 is 1. The zero-order valence-electron chi connectivity index (χ0n) is 14.2. The first-order chi connectivity index (χ1) is 12.7. The van der Waals surface area contributed by atoms with Crippen molar-refractivity contribution in [1.82, 2.24) is 9.97 Å². The van der Waals surface area contributed by atoms with Crippen LogP contribution in [0.1, 0.15) is 5.56 Å². The van der Waals surface area contributed by atoms with E-state index >= 15 is 0 Å². The topological polar surface area (TPSA) is 59.1 Å². The molecule has 0 atom stereocenters. The zero-order chi connectivity index (χ0) is 18.4. The van der Waals surface area contributed by atoms with Crippen LogP contribution in [0.3, 0.4) is 0 Å². The Morgan fingerprint density at radius 3 is 2.69 bits per heavy atom. The van der Waals surface area contributed by atoms with Crippen molar-refractivity contribution in [3.05, 3.63) is 70.3 Å². The van der Waals surface area contributed by atoms with Gasteiger partial charge in [-0.15, -0.1) is 0 Å². The van der Waals surface area contributed by atoms with Gasteiger partial charge in [0.1, 0.15) is 11.6 Å². The minimum atomic E-state index is 0.487. The number of rotatable bonds is 7. The van der Waals surface area contributed by atoms with Crippen LogP contribution in [-0.2, 0) is 6.42 Å². The fraction of sp³-hybridized carbons (Fsp3) is 0.158. The van der Waals surface area contributed by atoms with Gasteiger partial charge in [0.15, 0.2) is 0 Å². The summed E-state index contributed by atoms with van der Waals surface area (Å²) in [5, 5.41) is 7.41. The molecule has 0 bridgehead atoms. The Bertz CT molecular complexity index is 889. The molecule has 0 saturated heterocycles. The molecule has 0 unspecified atom stereocenters. The number of aromatic nitrogens is 2. The maximum Gasteiger partial charge on any atom is 0.224 e. The van der Waals surface area contributed by atoms with Crippen LogP contribution in [0.4, 0.5) is 17.5 Å². The van der Waals surface area contributed by atoms with Crippen molar-refractivity contribution in [2.45, 2.75) is 6.42 Å². The average molecular weight is 389 g/mol. The third-order valence-corrected chi connectivity index (χ3v) is 4.46. The molecule has 0 radical (unpaired) electrons. The summed E-state index contributed by atoms with van der Waals surface area (Å²) in [7, 11) is 1.67. The van der Waals surface area contributed by atoms with Gasteiger partial charge in [-0.25, -0.2) is 4.98 Å². The van der Waals surface area contributed by atoms with Gasteiger partial charge in [0, 0.05) is 18.4 Å². The molecule has 7 heteroatoms. The first kappa shape index (κ1) is 18.3. The fourth-order valence-corrected chi connectivity index (χ4v) is 2.75. The van der Waals surface area contributed by atoms with Gasteiger partial charge >= 0.3 is 0 Å². The van der Waals surface area contributed by atoms with E-state index in [1.807, 2.05) is 30.3 Å². The van der Waals surface area contributed by atoms with Crippen molar-refractivity contribution in [2.24, 2.45) is 0 Å². The molecule has 1 aromatic heterocycles. The molecule has 0 aliphatic rings. The molecule has 134 valence electrons. The maximum absolute atomic E-state index is 6.04. The van der Waals surface area contributed by atoms with Gasteiger partial charge in [-0.2, -0.15) is 4.98 Å². The summed E-state index contributed by atoms with van der Waals surface area (Å²) in [6.45, 7) is 0.691. The predicted octanol–water partition coefficient (Wildman–Crippen LogP) is 5.19. The normalized spacial score (nSPS) is 10.4. The van der Waals surface area contributed by atoms with Crippen molar-refractivity contribution >= 4 is 40.7 Å². The molecule has 0 spiro atoms. The second kappa shape index (κ2) is 8.74. The van der Waals surface area contributed by atoms with Crippen molar-refractivity contribution in [2.75, 3.05) is 24.3 Å². The number of para-hydroxylation sites is 1. The van der Waals surface area contributed by atoms with E-state index < -0.39 is 0 Å². The summed E-state index contributed by atoms with van der Waals surface area (Å²) in [5.41, 5.74) is 1.94. The monoisotopic (exact) mass is 388 g/mol. The van der Waals surface area contributed by atoms with Crippen LogP contribution in [0.5, 0.6) is 5.75 Å². The number of hydrogen-bond donors (Lipinski definition) is 2. The van der Waals surface area contributed by atoms with Gasteiger partial charge in [-0.05, 0) is 42.3 Å². The average Bonchev–Trinajstić information content (AvgIpc) is 2.65. The lowest BCUT2D eigenvalue weighted by Gasteiger charge is -2.10. The van der Waals surface area contributed by atoms with Crippen LogP contribution >= 0.6 is 23.2 Å². The second-order valence-corrected chi connectivity index (χ2v) is 6.32. The summed E-state index contributed by atoms with van der Waals surface area (Å²) in [5.74, 6) is 2.09. The summed E-state index contributed by atoms with van der Waals surface area (Å²) >= 11 is 12.0. The largest absolute Gasteiger partial charge is 0.496 e. The zero-order valence-corrected chi connectivity index (χ0v) is 15.7. The number of nitrogens with one attached hydrogen (secondary N) is 2. The Balaban J connectivity index is 1.61. The van der Waals surface area contributed by atoms with Gasteiger partial charge in [0.25, 0.3) is 0 Å². The second-order valence-electron chi connectivity index (χ2n) is 5.51. The highest BCUT2D eigenvalue weighted by Crippen LogP contribution is 2.26. The van der Waals surface area contributed by atoms with E-state index in [2.05, 4.69) is 20.6 Å². The number of ether oxygens (including phenoxy) is 1. The molecule has 2 aromatic carbocycles. The van der Waals surface area contributed by atoms with Crippen molar-refractivity contribution in [3.8, 4) is 5.75 Å². The van der Waals surface area contributed by atoms with E-state index in [1.54, 1.807) is 31.5 Å². The van der Waals surface area contributed by atoms with E-state index in [0.29, 0.717) is 28.4 Å². The van der Waals surface area contributed by atoms with Gasteiger partial charge in [-0.1, -0.05) is 41.4 Å². The SMILES string of the molecule is COc1ccccc1CCNc1nccc(Nc2ccc(Cl)c(Cl)c2)n1. The molecule has 3 aromatic rings. The van der Waals surface area contributed by atoms with Crippen LogP contribution in [0.15, 0.2) is 54.7 Å². The lowest BCUT2D eigenvalue weighted by Crippen LogP contribution is -2.09. The maximum atomic E-state index is 6.04. The van der Waals surface area contributed by atoms with Gasteiger partial charge in [0.2, 0.25) is 5.95 Å². The Labute approximate surface area is 162 Å². The lowest BCUT2D eigenvalue weighted by atomic mass is 10.1. The highest BCUT2D eigenvalue weighted by molar-refractivity contribution is 6.42. The van der Waals surface area contributed by atoms with E-state index in [1.165, 1.54) is 0 Å². The first-order valence-electron chi connectivity index (χ1n) is 8.06. The number of anilines is 3. The summed E-state index contributed by atoms with van der Waals surface area (Å²) in [6.07, 6.45) is 2.50. The van der Waals surface area contributed by atoms with Crippen LogP contribution in [0, 0.1) is 0 Å². The number of nitrogens with zero attached hydrogens (tertiary/aromatic N) is 2. The third kappa shape index (κ3) is 4.77. The van der Waals surface area contributed by atoms with Crippen LogP contribution < -0.4 is 15.4 Å². The summed E-state index contributed by atoms with van der Waals surface area (Å²) < 4.78 is 5.36. The van der Waals surface area contributed by atoms with Crippen molar-refractivity contribution < 1.29 is 4.74 Å². The number of benzene rings is 2. The van der Waals surface area contributed by atoms with Crippen LogP contribution in [-0.4, -0.2) is 23.6 Å². The van der Waals surface area contributed by atoms with E-state index in [4.69, 9.17) is 27.9 Å². The van der Waals surface area contributed by atoms with Gasteiger partial charge in [0.05, 0.1) is 17.2 Å². The summed E-state index contributed by atoms with van der Waals surface area (Å²) in [6, 6.07) is 15.1. The van der Waals surface area contributed by atoms with E-state index in [-0.39, 0.29) is 0 Å². The third-order valence-electron chi connectivity index (χ3n) is 3.72. The fourth-order valence-electron chi connectivity index (χ4n) is 2.45. The van der Waals surface area contributed by atoms with Crippen LogP contribution in [0.25, 0.3) is 0 Å². The minimum Gasteiger partial charge on any atom is -0.496 e. The standard InChI is InChI=1S/C19H18Cl2N4O/c1-26-17-5-3-2-4-13(17)8-10-22-19-23-11-9-18(25-19)24-14-6-7-15(20)16(21)12-14/h2-7,9,11-12H,8,10H2,1H3,(H2,22,23,24,25). The van der Waals surface area contributed by atoms with E-state index in [9.17, 15) is 0 Å². The minimum absolute atomic E-state index is 0.487. The molecular formula is C19H18Cl2N4O. The quantitative estimate of drug-likeness (QED) is 0.582. The Morgan fingerprint density at radius 1 is 1.04 bits per heavy atom. The Kier molecular flexibility index (Phi) is 6.15. The highest BCUT2D eigenvalue weighted by atomic mass is 35.5. The smallest absolute Gasteiger partial charge is 0.224 e. The van der Waals surface area contributed by atoms with E-state index in [0.717, 1.165) is 23.4 Å². The first-order valence-corrected chi connectivity index (χ1v) is 8.82. The molecule has 2 N–H and O–H groups in total. The Hall–Kier alpha value is -2.50. The van der Waals surface area contributed by atoms with Gasteiger partial charge in [-0.3, -0.25) is 0 Å². The highest BCUT2D eigenvalue weighted by Gasteiger charge is 2.04. The van der Waals surface area contributed by atoms with Crippen molar-refractivity contribution in [3.63, 3.8) is 0 Å². The van der Waals surface area contributed by atoms with Crippen molar-refractivity contribution in [1.29, 1.82) is 0 Å². The molecular weight excluding hydrogens is 371 g/mol. The molecule has 0 saturated carbocycles. The Morgan fingerprint density at radius 2 is 1.88 bits per heavy atom. The molecule has 1 heterocycles. The molecule has 0 aliphatic heterocycles. The molecule has 0 fully saturated rings. The molecule has 26 heavy (non-hydrogen) atoms. The number of halogens is 2. The lowest BCUT2D eigenvalue weighted by molar-refractivity contribution is 0.410. The van der Waals surface area contributed by atoms with Gasteiger partial charge < -0.3 is 15.4 Å². The molecule has 0 aliphatic carbocycles. The molecule has 0 amide bonds. The number of hydrogen-bond acceptors (Lipinski definition) is 5. The van der Waals surface area contributed by atoms with Crippen LogP contribution in [0.2, 0.25) is 10.0 Å². The predicted molar refractivity (Wildman–Crippen MR) is 107 cm³/mol. The molecule has 3 rings (SSSR count). The molecule has 5 nitrogen and oxygen atoms in total. The summed E-state index contributed by atoms with van der Waals surface area (Å²) in [4.78, 5) is 8.70.